The molecule has 1 aliphatic carbocycles. The number of carbonyl (C=O) groups is 1. The first-order valence-corrected chi connectivity index (χ1v) is 16.9. The maximum Gasteiger partial charge on any atom is 0.303 e. The van der Waals surface area contributed by atoms with E-state index in [1.54, 1.807) is 0 Å². The van der Waals surface area contributed by atoms with Crippen molar-refractivity contribution in [2.45, 2.75) is 142 Å². The Morgan fingerprint density at radius 3 is 1.76 bits per heavy atom. The molecule has 1 aromatic carbocycles. The van der Waals surface area contributed by atoms with Crippen molar-refractivity contribution < 1.29 is 19.7 Å². The summed E-state index contributed by atoms with van der Waals surface area (Å²) in [6.07, 6.45) is 5.31. The molecule has 0 saturated carbocycles. The van der Waals surface area contributed by atoms with Gasteiger partial charge in [-0.1, -0.05) is 89.2 Å². The van der Waals surface area contributed by atoms with Crippen molar-refractivity contribution in [1.82, 2.24) is 0 Å². The molecule has 2 unspecified atom stereocenters. The van der Waals surface area contributed by atoms with Crippen LogP contribution in [0, 0.1) is 16.7 Å². The van der Waals surface area contributed by atoms with Gasteiger partial charge in [0.1, 0.15) is 5.75 Å². The van der Waals surface area contributed by atoms with Crippen LogP contribution in [0.15, 0.2) is 39.7 Å². The topological polar surface area (TPSA) is 66.8 Å². The van der Waals surface area contributed by atoms with Crippen molar-refractivity contribution in [1.29, 1.82) is 0 Å². The molecule has 2 rings (SSSR count). The molecule has 2 N–H and O–H groups in total. The number of carboxylic acid groups (broad SMARTS) is 1. The highest BCUT2D eigenvalue weighted by atomic mass is 32.2. The monoisotopic (exact) mass is 618 g/mol. The van der Waals surface area contributed by atoms with Crippen LogP contribution in [0.2, 0.25) is 0 Å². The summed E-state index contributed by atoms with van der Waals surface area (Å²) in [5, 5.41) is 20.4. The van der Waals surface area contributed by atoms with Crippen molar-refractivity contribution in [3.05, 3.63) is 45.9 Å². The lowest BCUT2D eigenvalue weighted by Gasteiger charge is -2.50. The van der Waals surface area contributed by atoms with Gasteiger partial charge < -0.3 is 14.9 Å². The SMILES string of the molecule is CC(C)(SC1=CC(C(C)(C)C)C(C)(OCCCC(=O)O)C(C(C)(C)C)=C1)Sc1cc(C(C)(C)C)c(O)c(C(C)(C)C)c1. The van der Waals surface area contributed by atoms with Crippen molar-refractivity contribution in [3.8, 4) is 5.75 Å². The number of aromatic hydroxyl groups is 1. The van der Waals surface area contributed by atoms with Crippen LogP contribution < -0.4 is 0 Å². The van der Waals surface area contributed by atoms with Gasteiger partial charge in [0.05, 0.1) is 9.68 Å². The molecule has 238 valence electrons. The molecule has 1 aromatic rings. The summed E-state index contributed by atoms with van der Waals surface area (Å²) >= 11 is 3.71. The van der Waals surface area contributed by atoms with Gasteiger partial charge in [-0.3, -0.25) is 4.79 Å². The third-order valence-electron chi connectivity index (χ3n) is 7.85. The Morgan fingerprint density at radius 2 is 1.36 bits per heavy atom. The standard InChI is InChI=1S/C36H58O4S2/c1-31(2,3)25-19-23(20-26(30(25)39)32(4,5)6)41-35(13,14)42-24-21-27(33(7,8)9)36(15,28(22-24)34(10,11)12)40-18-16-17-29(37)38/h19-22,27,39H,16-18H2,1-15H3,(H,37,38). The van der Waals surface area contributed by atoms with Crippen LogP contribution in [-0.4, -0.2) is 32.5 Å². The van der Waals surface area contributed by atoms with Crippen LogP contribution in [0.4, 0.5) is 0 Å². The summed E-state index contributed by atoms with van der Waals surface area (Å²) in [7, 11) is 0. The van der Waals surface area contributed by atoms with Gasteiger partial charge in [0.15, 0.2) is 0 Å². The summed E-state index contributed by atoms with van der Waals surface area (Å²) in [4.78, 5) is 13.5. The maximum atomic E-state index is 11.2. The predicted molar refractivity (Wildman–Crippen MR) is 183 cm³/mol. The summed E-state index contributed by atoms with van der Waals surface area (Å²) in [5.74, 6) is -0.276. The fourth-order valence-electron chi connectivity index (χ4n) is 6.00. The number of allylic oxidation sites excluding steroid dienone is 1. The molecule has 4 nitrogen and oxygen atoms in total. The van der Waals surface area contributed by atoms with Crippen LogP contribution in [0.5, 0.6) is 5.75 Å². The lowest BCUT2D eigenvalue weighted by Crippen LogP contribution is -2.49. The van der Waals surface area contributed by atoms with E-state index in [9.17, 15) is 9.90 Å². The molecule has 0 amide bonds. The van der Waals surface area contributed by atoms with Crippen molar-refractivity contribution in [2.75, 3.05) is 6.61 Å². The predicted octanol–water partition coefficient (Wildman–Crippen LogP) is 10.7. The van der Waals surface area contributed by atoms with Crippen LogP contribution in [-0.2, 0) is 20.4 Å². The molecule has 0 bridgehead atoms. The van der Waals surface area contributed by atoms with Crippen molar-refractivity contribution >= 4 is 29.5 Å². The van der Waals surface area contributed by atoms with Crippen molar-refractivity contribution in [3.63, 3.8) is 0 Å². The minimum absolute atomic E-state index is 0.0738. The molecule has 0 aliphatic heterocycles. The van der Waals surface area contributed by atoms with E-state index in [0.717, 1.165) is 16.0 Å². The second-order valence-electron chi connectivity index (χ2n) is 16.6. The van der Waals surface area contributed by atoms with Crippen LogP contribution >= 0.6 is 23.5 Å². The third kappa shape index (κ3) is 9.32. The zero-order valence-corrected chi connectivity index (χ0v) is 30.7. The molecular weight excluding hydrogens is 561 g/mol. The van der Waals surface area contributed by atoms with Gasteiger partial charge in [0.2, 0.25) is 0 Å². The fraction of sp³-hybridized carbons (Fsp3) is 0.694. The van der Waals surface area contributed by atoms with Gasteiger partial charge in [0.25, 0.3) is 0 Å². The van der Waals surface area contributed by atoms with E-state index in [1.165, 1.54) is 10.5 Å². The number of rotatable bonds is 9. The van der Waals surface area contributed by atoms with E-state index in [-0.39, 0.29) is 38.1 Å². The van der Waals surface area contributed by atoms with E-state index in [4.69, 9.17) is 9.84 Å². The number of ether oxygens (including phenoxy) is 1. The first-order chi connectivity index (χ1) is 18.7. The molecule has 0 radical (unpaired) electrons. The molecular formula is C36H58O4S2. The maximum absolute atomic E-state index is 11.2. The number of phenolic OH excluding ortho intramolecular Hbond substituents is 1. The van der Waals surface area contributed by atoms with Crippen molar-refractivity contribution in [2.24, 2.45) is 16.7 Å². The minimum atomic E-state index is -0.789. The lowest BCUT2D eigenvalue weighted by molar-refractivity contribution is -0.138. The van der Waals surface area contributed by atoms with Gasteiger partial charge in [-0.15, -0.1) is 23.5 Å². The largest absolute Gasteiger partial charge is 0.507 e. The average molecular weight is 619 g/mol. The van der Waals surface area contributed by atoms with E-state index in [0.29, 0.717) is 18.8 Å². The Morgan fingerprint density at radius 1 is 0.857 bits per heavy atom. The Labute approximate surface area is 265 Å². The van der Waals surface area contributed by atoms with Crippen LogP contribution in [0.3, 0.4) is 0 Å². The van der Waals surface area contributed by atoms with Gasteiger partial charge in [0, 0.05) is 39.9 Å². The first-order valence-electron chi connectivity index (χ1n) is 15.2. The Hall–Kier alpha value is -1.37. The van der Waals surface area contributed by atoms with E-state index in [2.05, 4.69) is 128 Å². The number of benzene rings is 1. The van der Waals surface area contributed by atoms with Crippen LogP contribution in [0.25, 0.3) is 0 Å². The number of thioether (sulfide) groups is 2. The van der Waals surface area contributed by atoms with E-state index in [1.807, 2.05) is 23.5 Å². The highest BCUT2D eigenvalue weighted by Crippen LogP contribution is 2.55. The van der Waals surface area contributed by atoms with E-state index >= 15 is 0 Å². The zero-order valence-electron chi connectivity index (χ0n) is 29.0. The molecule has 1 aliphatic rings. The smallest absolute Gasteiger partial charge is 0.303 e. The van der Waals surface area contributed by atoms with E-state index < -0.39 is 11.6 Å². The lowest BCUT2D eigenvalue weighted by atomic mass is 9.61. The highest BCUT2D eigenvalue weighted by Gasteiger charge is 2.49. The first kappa shape index (κ1) is 36.8. The fourth-order valence-corrected chi connectivity index (χ4v) is 8.61. The molecule has 6 heteroatoms. The number of phenols is 1. The van der Waals surface area contributed by atoms with Gasteiger partial charge in [-0.25, -0.2) is 0 Å². The number of hydrogen-bond donors (Lipinski definition) is 2. The molecule has 2 atom stereocenters. The summed E-state index contributed by atoms with van der Waals surface area (Å²) in [6.45, 7) is 33.6. The molecule has 0 aromatic heterocycles. The molecule has 0 heterocycles. The highest BCUT2D eigenvalue weighted by molar-refractivity contribution is 8.20. The third-order valence-corrected chi connectivity index (χ3v) is 10.3. The number of carboxylic acids is 1. The Balaban J connectivity index is 2.54. The van der Waals surface area contributed by atoms with Gasteiger partial charge in [-0.2, -0.15) is 0 Å². The normalized spacial score (nSPS) is 20.8. The summed E-state index contributed by atoms with van der Waals surface area (Å²) in [6, 6.07) is 4.34. The van der Waals surface area contributed by atoms with Gasteiger partial charge >= 0.3 is 5.97 Å². The number of aliphatic carboxylic acids is 1. The average Bonchev–Trinajstić information content (AvgIpc) is 2.75. The Kier molecular flexibility index (Phi) is 11.0. The molecule has 0 saturated heterocycles. The molecule has 42 heavy (non-hydrogen) atoms. The van der Waals surface area contributed by atoms with Crippen LogP contribution in [0.1, 0.15) is 128 Å². The second-order valence-corrected chi connectivity index (χ2v) is 20.3. The van der Waals surface area contributed by atoms with Gasteiger partial charge in [-0.05, 0) is 72.6 Å². The second kappa shape index (κ2) is 12.6. The molecule has 0 fully saturated rings. The summed E-state index contributed by atoms with van der Waals surface area (Å²) in [5.41, 5.74) is 2.09. The Bertz CT molecular complexity index is 1160. The molecule has 0 spiro atoms. The minimum Gasteiger partial charge on any atom is -0.507 e. The zero-order chi connectivity index (χ0) is 32.7. The quantitative estimate of drug-likeness (QED) is 0.163. The summed E-state index contributed by atoms with van der Waals surface area (Å²) < 4.78 is 6.47. The number of hydrogen-bond acceptors (Lipinski definition) is 5.